The van der Waals surface area contributed by atoms with Crippen LogP contribution in [-0.2, 0) is 0 Å². The fraction of sp³-hybridized carbons (Fsp3) is 0.545. The van der Waals surface area contributed by atoms with E-state index in [-0.39, 0.29) is 24.8 Å². The summed E-state index contributed by atoms with van der Waals surface area (Å²) in [6, 6.07) is 2.33. The summed E-state index contributed by atoms with van der Waals surface area (Å²) in [7, 11) is 2.14. The molecule has 1 atom stereocenters. The Morgan fingerprint density at radius 3 is 2.82 bits per heavy atom. The van der Waals surface area contributed by atoms with Crippen molar-refractivity contribution in [3.8, 4) is 5.75 Å². The summed E-state index contributed by atoms with van der Waals surface area (Å²) < 4.78 is 5.65. The smallest absolute Gasteiger partial charge is 0.139 e. The molecule has 1 aromatic heterocycles. The van der Waals surface area contributed by atoms with Gasteiger partial charge in [-0.2, -0.15) is 0 Å². The molecule has 17 heavy (non-hydrogen) atoms. The third-order valence-corrected chi connectivity index (χ3v) is 3.00. The Morgan fingerprint density at radius 2 is 2.24 bits per heavy atom. The quantitative estimate of drug-likeness (QED) is 0.858. The highest BCUT2D eigenvalue weighted by Crippen LogP contribution is 2.18. The maximum Gasteiger partial charge on any atom is 0.139 e. The Hall–Kier alpha value is -0.220. The zero-order valence-corrected chi connectivity index (χ0v) is 12.0. The van der Waals surface area contributed by atoms with E-state index < -0.39 is 0 Å². The number of halogens is 3. The van der Waals surface area contributed by atoms with Crippen molar-refractivity contribution in [2.45, 2.75) is 18.9 Å². The highest BCUT2D eigenvalue weighted by Gasteiger charge is 2.21. The van der Waals surface area contributed by atoms with E-state index in [9.17, 15) is 0 Å². The van der Waals surface area contributed by atoms with Crippen molar-refractivity contribution in [1.82, 2.24) is 9.88 Å². The van der Waals surface area contributed by atoms with Crippen LogP contribution in [0.2, 0.25) is 5.02 Å². The van der Waals surface area contributed by atoms with Crippen molar-refractivity contribution in [3.63, 3.8) is 0 Å². The summed E-state index contributed by atoms with van der Waals surface area (Å²) in [5, 5.41) is 0.618. The molecule has 1 aliphatic heterocycles. The Labute approximate surface area is 119 Å². The lowest BCUT2D eigenvalue weighted by Gasteiger charge is -2.19. The zero-order chi connectivity index (χ0) is 10.7. The lowest BCUT2D eigenvalue weighted by atomic mass is 10.2. The topological polar surface area (TPSA) is 25.4 Å². The van der Waals surface area contributed by atoms with Gasteiger partial charge in [-0.1, -0.05) is 11.6 Å². The number of hydrogen-bond donors (Lipinski definition) is 0. The highest BCUT2D eigenvalue weighted by atomic mass is 35.5. The predicted molar refractivity (Wildman–Crippen MR) is 74.9 cm³/mol. The summed E-state index contributed by atoms with van der Waals surface area (Å²) in [5.74, 6) is 0.753. The molecule has 0 bridgehead atoms. The average molecular weight is 300 g/mol. The van der Waals surface area contributed by atoms with Crippen LogP contribution in [0.3, 0.4) is 0 Å². The summed E-state index contributed by atoms with van der Waals surface area (Å²) in [6.45, 7) is 1.89. The molecule has 0 saturated carbocycles. The van der Waals surface area contributed by atoms with Gasteiger partial charge in [-0.25, -0.2) is 0 Å². The predicted octanol–water partition coefficient (Wildman–Crippen LogP) is 3.05. The number of hydrogen-bond acceptors (Lipinski definition) is 3. The summed E-state index contributed by atoms with van der Waals surface area (Å²) in [6.07, 6.45) is 5.78. The maximum absolute atomic E-state index is 5.82. The largest absolute Gasteiger partial charge is 0.490 e. The van der Waals surface area contributed by atoms with Gasteiger partial charge in [-0.3, -0.25) is 4.98 Å². The number of pyridine rings is 1. The summed E-state index contributed by atoms with van der Waals surface area (Å²) >= 11 is 5.82. The molecule has 2 rings (SSSR count). The SMILES string of the molecule is CN1CCC[C@@H]1COc1cncc(Cl)c1.Cl.Cl. The molecule has 98 valence electrons. The Balaban J connectivity index is 0.00000128. The van der Waals surface area contributed by atoms with E-state index in [1.807, 2.05) is 0 Å². The van der Waals surface area contributed by atoms with Gasteiger partial charge in [0.15, 0.2) is 0 Å². The van der Waals surface area contributed by atoms with E-state index >= 15 is 0 Å². The fourth-order valence-corrected chi connectivity index (χ4v) is 2.02. The summed E-state index contributed by atoms with van der Waals surface area (Å²) in [4.78, 5) is 6.31. The first-order chi connectivity index (χ1) is 7.25. The van der Waals surface area contributed by atoms with E-state index in [1.165, 1.54) is 19.4 Å². The van der Waals surface area contributed by atoms with E-state index in [0.717, 1.165) is 12.4 Å². The zero-order valence-electron chi connectivity index (χ0n) is 9.63. The third-order valence-electron chi connectivity index (χ3n) is 2.79. The minimum atomic E-state index is 0. The molecule has 1 saturated heterocycles. The molecule has 0 N–H and O–H groups in total. The minimum absolute atomic E-state index is 0. The van der Waals surface area contributed by atoms with Gasteiger partial charge in [0.1, 0.15) is 12.4 Å². The van der Waals surface area contributed by atoms with Crippen molar-refractivity contribution in [2.75, 3.05) is 20.2 Å². The van der Waals surface area contributed by atoms with Gasteiger partial charge in [-0.15, -0.1) is 24.8 Å². The van der Waals surface area contributed by atoms with Crippen LogP contribution in [-0.4, -0.2) is 36.1 Å². The van der Waals surface area contributed by atoms with Crippen LogP contribution in [0.4, 0.5) is 0 Å². The van der Waals surface area contributed by atoms with Gasteiger partial charge in [0.2, 0.25) is 0 Å². The van der Waals surface area contributed by atoms with Crippen molar-refractivity contribution in [1.29, 1.82) is 0 Å². The van der Waals surface area contributed by atoms with E-state index in [1.54, 1.807) is 18.5 Å². The third kappa shape index (κ3) is 4.88. The molecule has 0 amide bonds. The minimum Gasteiger partial charge on any atom is -0.490 e. The van der Waals surface area contributed by atoms with Crippen molar-refractivity contribution >= 4 is 36.4 Å². The lowest BCUT2D eigenvalue weighted by molar-refractivity contribution is 0.198. The van der Waals surface area contributed by atoms with Crippen LogP contribution in [0, 0.1) is 0 Å². The number of nitrogens with zero attached hydrogens (tertiary/aromatic N) is 2. The standard InChI is InChI=1S/C11H15ClN2O.2ClH/c1-14-4-2-3-10(14)8-15-11-5-9(12)6-13-7-11;;/h5-7,10H,2-4,8H2,1H3;2*1H/t10-;;/m1../s1. The molecule has 3 nitrogen and oxygen atoms in total. The Kier molecular flexibility index (Phi) is 7.88. The number of likely N-dealkylation sites (N-methyl/N-ethyl adjacent to an activating group) is 1. The van der Waals surface area contributed by atoms with Crippen LogP contribution >= 0.6 is 36.4 Å². The van der Waals surface area contributed by atoms with Crippen LogP contribution in [0.1, 0.15) is 12.8 Å². The van der Waals surface area contributed by atoms with Gasteiger partial charge < -0.3 is 9.64 Å². The van der Waals surface area contributed by atoms with E-state index in [0.29, 0.717) is 11.1 Å². The van der Waals surface area contributed by atoms with Gasteiger partial charge in [0, 0.05) is 18.3 Å². The fourth-order valence-electron chi connectivity index (χ4n) is 1.85. The van der Waals surface area contributed by atoms with Crippen molar-refractivity contribution < 1.29 is 4.74 Å². The van der Waals surface area contributed by atoms with Crippen LogP contribution < -0.4 is 4.74 Å². The molecular formula is C11H17Cl3N2O. The maximum atomic E-state index is 5.82. The van der Waals surface area contributed by atoms with Crippen LogP contribution in [0.25, 0.3) is 0 Å². The normalized spacial score (nSPS) is 19.3. The second-order valence-corrected chi connectivity index (χ2v) is 4.36. The first-order valence-corrected chi connectivity index (χ1v) is 5.57. The second-order valence-electron chi connectivity index (χ2n) is 3.93. The molecular weight excluding hydrogens is 282 g/mol. The van der Waals surface area contributed by atoms with Crippen molar-refractivity contribution in [3.05, 3.63) is 23.5 Å². The monoisotopic (exact) mass is 298 g/mol. The molecule has 0 radical (unpaired) electrons. The van der Waals surface area contributed by atoms with Gasteiger partial charge >= 0.3 is 0 Å². The first-order valence-electron chi connectivity index (χ1n) is 5.19. The molecule has 1 aromatic rings. The van der Waals surface area contributed by atoms with Crippen LogP contribution in [0.15, 0.2) is 18.5 Å². The molecule has 0 unspecified atom stereocenters. The number of aromatic nitrogens is 1. The second kappa shape index (κ2) is 7.98. The molecule has 0 aliphatic carbocycles. The average Bonchev–Trinajstić information content (AvgIpc) is 2.61. The molecule has 6 heteroatoms. The van der Waals surface area contributed by atoms with E-state index in [4.69, 9.17) is 16.3 Å². The van der Waals surface area contributed by atoms with Crippen LogP contribution in [0.5, 0.6) is 5.75 Å². The Bertz CT molecular complexity index is 338. The van der Waals surface area contributed by atoms with Gasteiger partial charge in [0.05, 0.1) is 11.2 Å². The Morgan fingerprint density at radius 1 is 1.47 bits per heavy atom. The van der Waals surface area contributed by atoms with Gasteiger partial charge in [-0.05, 0) is 26.4 Å². The van der Waals surface area contributed by atoms with E-state index in [2.05, 4.69) is 16.9 Å². The number of ether oxygens (including phenoxy) is 1. The molecule has 1 aliphatic rings. The summed E-state index contributed by atoms with van der Waals surface area (Å²) in [5.41, 5.74) is 0. The molecule has 1 fully saturated rings. The molecule has 0 aromatic carbocycles. The molecule has 2 heterocycles. The van der Waals surface area contributed by atoms with Crippen molar-refractivity contribution in [2.24, 2.45) is 0 Å². The number of rotatable bonds is 3. The first kappa shape index (κ1) is 16.8. The highest BCUT2D eigenvalue weighted by molar-refractivity contribution is 6.30. The van der Waals surface area contributed by atoms with Gasteiger partial charge in [0.25, 0.3) is 0 Å². The number of likely N-dealkylation sites (tertiary alicyclic amines) is 1. The lowest BCUT2D eigenvalue weighted by Crippen LogP contribution is -2.30. The molecule has 0 spiro atoms.